The highest BCUT2D eigenvalue weighted by atomic mass is 19.2. The van der Waals surface area contributed by atoms with Gasteiger partial charge < -0.3 is 5.32 Å². The molecule has 4 nitrogen and oxygen atoms in total. The van der Waals surface area contributed by atoms with Gasteiger partial charge in [0.15, 0.2) is 11.6 Å². The number of amides is 2. The van der Waals surface area contributed by atoms with E-state index in [1.54, 1.807) is 6.07 Å². The Morgan fingerprint density at radius 2 is 1.60 bits per heavy atom. The molecule has 3 rings (SSSR count). The van der Waals surface area contributed by atoms with Gasteiger partial charge in [0.2, 0.25) is 0 Å². The SMILES string of the molecule is Cc1ccc(C2=C(Nc3ccc(F)c(F)c3)C(=O)N(C)C2=O)cc1C. The molecule has 1 aliphatic heterocycles. The summed E-state index contributed by atoms with van der Waals surface area (Å²) in [4.78, 5) is 25.9. The predicted octanol–water partition coefficient (Wildman–Crippen LogP) is 3.40. The third kappa shape index (κ3) is 2.91. The van der Waals surface area contributed by atoms with Crippen molar-refractivity contribution >= 4 is 23.1 Å². The molecule has 0 radical (unpaired) electrons. The zero-order valence-electron chi connectivity index (χ0n) is 14.0. The number of rotatable bonds is 3. The molecule has 1 N–H and O–H groups in total. The fraction of sp³-hybridized carbons (Fsp3) is 0.158. The maximum atomic E-state index is 13.4. The van der Waals surface area contributed by atoms with E-state index >= 15 is 0 Å². The molecule has 0 saturated carbocycles. The number of nitrogens with zero attached hydrogens (tertiary/aromatic N) is 1. The maximum Gasteiger partial charge on any atom is 0.277 e. The van der Waals surface area contributed by atoms with Crippen LogP contribution in [-0.4, -0.2) is 23.8 Å². The van der Waals surface area contributed by atoms with E-state index in [9.17, 15) is 18.4 Å². The first kappa shape index (κ1) is 16.8. The summed E-state index contributed by atoms with van der Waals surface area (Å²) in [6.07, 6.45) is 0. The zero-order chi connectivity index (χ0) is 18.3. The third-order valence-corrected chi connectivity index (χ3v) is 4.27. The summed E-state index contributed by atoms with van der Waals surface area (Å²) in [5, 5.41) is 2.76. The number of hydrogen-bond donors (Lipinski definition) is 1. The minimum absolute atomic E-state index is 0.0433. The molecule has 0 unspecified atom stereocenters. The molecular weight excluding hydrogens is 326 g/mol. The number of carbonyl (C=O) groups excluding carboxylic acids is 2. The van der Waals surface area contributed by atoms with Crippen LogP contribution in [0.5, 0.6) is 0 Å². The van der Waals surface area contributed by atoms with Gasteiger partial charge in [-0.2, -0.15) is 0 Å². The highest BCUT2D eigenvalue weighted by Gasteiger charge is 2.36. The Balaban J connectivity index is 2.11. The van der Waals surface area contributed by atoms with Crippen LogP contribution in [-0.2, 0) is 9.59 Å². The Hall–Kier alpha value is -3.02. The first-order chi connectivity index (χ1) is 11.8. The lowest BCUT2D eigenvalue weighted by atomic mass is 9.99. The van der Waals surface area contributed by atoms with E-state index in [0.29, 0.717) is 5.56 Å². The molecular formula is C19H16F2N2O2. The van der Waals surface area contributed by atoms with Crippen LogP contribution in [0.1, 0.15) is 16.7 Å². The van der Waals surface area contributed by atoms with Crippen molar-refractivity contribution < 1.29 is 18.4 Å². The fourth-order valence-corrected chi connectivity index (χ4v) is 2.64. The van der Waals surface area contributed by atoms with Gasteiger partial charge in [0.25, 0.3) is 11.8 Å². The van der Waals surface area contributed by atoms with Crippen molar-refractivity contribution in [2.75, 3.05) is 12.4 Å². The summed E-state index contributed by atoms with van der Waals surface area (Å²) >= 11 is 0. The van der Waals surface area contributed by atoms with E-state index in [4.69, 9.17) is 0 Å². The van der Waals surface area contributed by atoms with Crippen LogP contribution in [0.15, 0.2) is 42.1 Å². The van der Waals surface area contributed by atoms with Gasteiger partial charge in [0.1, 0.15) is 5.70 Å². The number of anilines is 1. The predicted molar refractivity (Wildman–Crippen MR) is 90.6 cm³/mol. The molecule has 0 spiro atoms. The average Bonchev–Trinajstić information content (AvgIpc) is 2.78. The summed E-state index contributed by atoms with van der Waals surface area (Å²) in [6, 6.07) is 8.65. The second-order valence-electron chi connectivity index (χ2n) is 5.97. The number of nitrogens with one attached hydrogen (secondary N) is 1. The number of carbonyl (C=O) groups is 2. The van der Waals surface area contributed by atoms with Gasteiger partial charge in [-0.3, -0.25) is 14.5 Å². The molecule has 2 amide bonds. The van der Waals surface area contributed by atoms with E-state index in [1.807, 2.05) is 26.0 Å². The lowest BCUT2D eigenvalue weighted by Gasteiger charge is -2.09. The standard InChI is InChI=1S/C19H16F2N2O2/c1-10-4-5-12(8-11(10)2)16-17(19(25)23(3)18(16)24)22-13-6-7-14(20)15(21)9-13/h4-9,22H,1-3H3. The van der Waals surface area contributed by atoms with Crippen molar-refractivity contribution in [1.29, 1.82) is 0 Å². The summed E-state index contributed by atoms with van der Waals surface area (Å²) in [5.74, 6) is -3.00. The number of imide groups is 1. The zero-order valence-corrected chi connectivity index (χ0v) is 14.0. The number of halogens is 2. The third-order valence-electron chi connectivity index (χ3n) is 4.27. The van der Waals surface area contributed by atoms with Crippen LogP contribution in [0, 0.1) is 25.5 Å². The van der Waals surface area contributed by atoms with E-state index in [-0.39, 0.29) is 17.0 Å². The van der Waals surface area contributed by atoms with Crippen LogP contribution in [0.4, 0.5) is 14.5 Å². The van der Waals surface area contributed by atoms with Gasteiger partial charge >= 0.3 is 0 Å². The monoisotopic (exact) mass is 342 g/mol. The normalized spacial score (nSPS) is 14.5. The van der Waals surface area contributed by atoms with Gasteiger partial charge in [-0.05, 0) is 42.7 Å². The minimum Gasteiger partial charge on any atom is -0.350 e. The quantitative estimate of drug-likeness (QED) is 0.870. The Morgan fingerprint density at radius 1 is 0.880 bits per heavy atom. The molecule has 0 aromatic heterocycles. The minimum atomic E-state index is -1.04. The number of likely N-dealkylation sites (N-methyl/N-ethyl adjacent to an activating group) is 1. The molecule has 128 valence electrons. The number of benzene rings is 2. The van der Waals surface area contributed by atoms with Gasteiger partial charge in [-0.1, -0.05) is 18.2 Å². The number of hydrogen-bond acceptors (Lipinski definition) is 3. The summed E-state index contributed by atoms with van der Waals surface area (Å²) in [5.41, 5.74) is 3.07. The van der Waals surface area contributed by atoms with Gasteiger partial charge in [-0.25, -0.2) is 8.78 Å². The number of aryl methyl sites for hydroxylation is 2. The molecule has 0 aliphatic carbocycles. The van der Waals surface area contributed by atoms with E-state index in [0.717, 1.165) is 28.2 Å². The van der Waals surface area contributed by atoms with Crippen molar-refractivity contribution in [2.24, 2.45) is 0 Å². The molecule has 25 heavy (non-hydrogen) atoms. The van der Waals surface area contributed by atoms with Crippen molar-refractivity contribution in [3.05, 3.63) is 70.4 Å². The highest BCUT2D eigenvalue weighted by molar-refractivity contribution is 6.36. The van der Waals surface area contributed by atoms with Crippen LogP contribution < -0.4 is 5.32 Å². The van der Waals surface area contributed by atoms with Gasteiger partial charge in [0, 0.05) is 18.8 Å². The van der Waals surface area contributed by atoms with Gasteiger partial charge in [-0.15, -0.1) is 0 Å². The van der Waals surface area contributed by atoms with E-state index in [1.165, 1.54) is 13.1 Å². The Kier molecular flexibility index (Phi) is 4.12. The van der Waals surface area contributed by atoms with Crippen molar-refractivity contribution in [1.82, 2.24) is 4.90 Å². The van der Waals surface area contributed by atoms with E-state index < -0.39 is 23.4 Å². The first-order valence-corrected chi connectivity index (χ1v) is 7.66. The summed E-state index contributed by atoms with van der Waals surface area (Å²) in [6.45, 7) is 3.86. The Labute approximate surface area is 143 Å². The van der Waals surface area contributed by atoms with Crippen molar-refractivity contribution in [2.45, 2.75) is 13.8 Å². The van der Waals surface area contributed by atoms with Crippen LogP contribution in [0.2, 0.25) is 0 Å². The second kappa shape index (κ2) is 6.12. The molecule has 0 fully saturated rings. The van der Waals surface area contributed by atoms with Crippen LogP contribution in [0.3, 0.4) is 0 Å². The molecule has 0 bridgehead atoms. The van der Waals surface area contributed by atoms with Crippen LogP contribution in [0.25, 0.3) is 5.57 Å². The second-order valence-corrected chi connectivity index (χ2v) is 5.97. The Bertz CT molecular complexity index is 935. The molecule has 1 aliphatic rings. The Morgan fingerprint density at radius 3 is 2.24 bits per heavy atom. The van der Waals surface area contributed by atoms with E-state index in [2.05, 4.69) is 5.32 Å². The fourth-order valence-electron chi connectivity index (χ4n) is 2.64. The molecule has 6 heteroatoms. The maximum absolute atomic E-state index is 13.4. The van der Waals surface area contributed by atoms with Gasteiger partial charge in [0.05, 0.1) is 5.57 Å². The molecule has 2 aromatic rings. The topological polar surface area (TPSA) is 49.4 Å². The molecule has 1 heterocycles. The summed E-state index contributed by atoms with van der Waals surface area (Å²) < 4.78 is 26.5. The molecule has 0 atom stereocenters. The lowest BCUT2D eigenvalue weighted by molar-refractivity contribution is -0.135. The lowest BCUT2D eigenvalue weighted by Crippen LogP contribution is -2.27. The first-order valence-electron chi connectivity index (χ1n) is 7.66. The molecule has 2 aromatic carbocycles. The van der Waals surface area contributed by atoms with Crippen molar-refractivity contribution in [3.8, 4) is 0 Å². The average molecular weight is 342 g/mol. The smallest absolute Gasteiger partial charge is 0.277 e. The summed E-state index contributed by atoms with van der Waals surface area (Å²) in [7, 11) is 1.38. The molecule has 0 saturated heterocycles. The van der Waals surface area contributed by atoms with Crippen molar-refractivity contribution in [3.63, 3.8) is 0 Å². The highest BCUT2D eigenvalue weighted by Crippen LogP contribution is 2.30. The van der Waals surface area contributed by atoms with Crippen LogP contribution >= 0.6 is 0 Å². The largest absolute Gasteiger partial charge is 0.350 e.